The van der Waals surface area contributed by atoms with Crippen LogP contribution >= 0.6 is 11.6 Å². The fourth-order valence-corrected chi connectivity index (χ4v) is 2.04. The van der Waals surface area contributed by atoms with Crippen molar-refractivity contribution in [2.45, 2.75) is 6.54 Å². The van der Waals surface area contributed by atoms with E-state index in [1.54, 1.807) is 6.07 Å². The van der Waals surface area contributed by atoms with Crippen LogP contribution in [0.5, 0.6) is 0 Å². The Hall–Kier alpha value is -2.34. The molecular formula is C14H12ClF2N3O. The maximum absolute atomic E-state index is 14.2. The minimum absolute atomic E-state index is 0.00549. The van der Waals surface area contributed by atoms with Crippen LogP contribution in [0, 0.1) is 11.6 Å². The van der Waals surface area contributed by atoms with Gasteiger partial charge in [-0.15, -0.1) is 0 Å². The molecule has 0 bridgehead atoms. The number of nitrogens with zero attached hydrogens (tertiary/aromatic N) is 1. The number of halogens is 3. The maximum Gasteiger partial charge on any atom is 0.173 e. The van der Waals surface area contributed by atoms with Gasteiger partial charge in [-0.3, -0.25) is 0 Å². The monoisotopic (exact) mass is 311 g/mol. The molecule has 4 N–H and O–H groups in total. The lowest BCUT2D eigenvalue weighted by Gasteiger charge is -2.10. The van der Waals surface area contributed by atoms with Gasteiger partial charge in [0.2, 0.25) is 0 Å². The Labute approximate surface area is 124 Å². The largest absolute Gasteiger partial charge is 0.409 e. The first-order valence-corrected chi connectivity index (χ1v) is 6.34. The van der Waals surface area contributed by atoms with E-state index >= 15 is 0 Å². The molecule has 0 aliphatic rings. The molecule has 2 aromatic carbocycles. The standard InChI is InChI=1S/C14H12ClF2N3O/c15-9-4-10(16)6-11(5-9)19-7-8-2-1-3-12(13(8)17)14(18)20-21/h1-6,19,21H,7H2,(H2,18,20). The molecule has 0 aromatic heterocycles. The SMILES string of the molecule is N/C(=N/O)c1cccc(CNc2cc(F)cc(Cl)c2)c1F. The summed E-state index contributed by atoms with van der Waals surface area (Å²) in [6, 6.07) is 8.45. The molecule has 2 rings (SSSR count). The zero-order chi connectivity index (χ0) is 15.4. The number of rotatable bonds is 4. The topological polar surface area (TPSA) is 70.6 Å². The second-order valence-corrected chi connectivity index (χ2v) is 4.71. The molecule has 0 aliphatic carbocycles. The minimum atomic E-state index is -0.609. The highest BCUT2D eigenvalue weighted by atomic mass is 35.5. The van der Waals surface area contributed by atoms with Crippen LogP contribution in [-0.4, -0.2) is 11.0 Å². The van der Waals surface area contributed by atoms with E-state index < -0.39 is 11.6 Å². The minimum Gasteiger partial charge on any atom is -0.409 e. The Kier molecular flexibility index (Phi) is 4.59. The van der Waals surface area contributed by atoms with Gasteiger partial charge >= 0.3 is 0 Å². The molecular weight excluding hydrogens is 300 g/mol. The van der Waals surface area contributed by atoms with Crippen molar-refractivity contribution >= 4 is 23.1 Å². The molecule has 0 atom stereocenters. The molecule has 0 saturated heterocycles. The predicted octanol–water partition coefficient (Wildman–Crippen LogP) is 3.32. The summed E-state index contributed by atoms with van der Waals surface area (Å²) < 4.78 is 27.3. The number of nitrogens with two attached hydrogens (primary N) is 1. The fraction of sp³-hybridized carbons (Fsp3) is 0.0714. The van der Waals surface area contributed by atoms with Gasteiger partial charge in [0.15, 0.2) is 5.84 Å². The van der Waals surface area contributed by atoms with Gasteiger partial charge in [0.25, 0.3) is 0 Å². The van der Waals surface area contributed by atoms with Gasteiger partial charge in [0.05, 0.1) is 5.56 Å². The summed E-state index contributed by atoms with van der Waals surface area (Å²) in [5.74, 6) is -1.41. The summed E-state index contributed by atoms with van der Waals surface area (Å²) in [6.45, 7) is 0.0954. The van der Waals surface area contributed by atoms with Crippen molar-refractivity contribution in [2.24, 2.45) is 10.9 Å². The zero-order valence-corrected chi connectivity index (χ0v) is 11.5. The Morgan fingerprint density at radius 3 is 2.71 bits per heavy atom. The number of hydrogen-bond acceptors (Lipinski definition) is 3. The second-order valence-electron chi connectivity index (χ2n) is 4.28. The summed E-state index contributed by atoms with van der Waals surface area (Å²) in [5.41, 5.74) is 6.09. The van der Waals surface area contributed by atoms with Gasteiger partial charge in [0.1, 0.15) is 11.6 Å². The molecule has 0 heterocycles. The van der Waals surface area contributed by atoms with Gasteiger partial charge in [-0.25, -0.2) is 8.78 Å². The van der Waals surface area contributed by atoms with E-state index in [-0.39, 0.29) is 23.0 Å². The number of hydrogen-bond donors (Lipinski definition) is 3. The first kappa shape index (κ1) is 15.1. The van der Waals surface area contributed by atoms with Crippen LogP contribution in [0.25, 0.3) is 0 Å². The lowest BCUT2D eigenvalue weighted by Crippen LogP contribution is -2.16. The lowest BCUT2D eigenvalue weighted by atomic mass is 10.1. The van der Waals surface area contributed by atoms with E-state index in [4.69, 9.17) is 22.5 Å². The Morgan fingerprint density at radius 2 is 2.05 bits per heavy atom. The average molecular weight is 312 g/mol. The average Bonchev–Trinajstić information content (AvgIpc) is 2.44. The molecule has 0 aliphatic heterocycles. The van der Waals surface area contributed by atoms with Crippen LogP contribution in [0.3, 0.4) is 0 Å². The van der Waals surface area contributed by atoms with Crippen LogP contribution in [-0.2, 0) is 6.54 Å². The summed E-state index contributed by atoms with van der Waals surface area (Å²) in [6.07, 6.45) is 0. The summed E-state index contributed by atoms with van der Waals surface area (Å²) in [4.78, 5) is 0. The third-order valence-corrected chi connectivity index (χ3v) is 3.03. The van der Waals surface area contributed by atoms with Crippen molar-refractivity contribution in [3.8, 4) is 0 Å². The van der Waals surface area contributed by atoms with Crippen molar-refractivity contribution in [3.63, 3.8) is 0 Å². The van der Waals surface area contributed by atoms with E-state index in [2.05, 4.69) is 10.5 Å². The van der Waals surface area contributed by atoms with E-state index in [1.165, 1.54) is 30.3 Å². The molecule has 0 amide bonds. The van der Waals surface area contributed by atoms with Crippen LogP contribution < -0.4 is 11.1 Å². The van der Waals surface area contributed by atoms with Crippen molar-refractivity contribution in [1.29, 1.82) is 0 Å². The molecule has 21 heavy (non-hydrogen) atoms. The van der Waals surface area contributed by atoms with E-state index in [1.807, 2.05) is 0 Å². The quantitative estimate of drug-likeness (QED) is 0.351. The first-order valence-electron chi connectivity index (χ1n) is 5.96. The predicted molar refractivity (Wildman–Crippen MR) is 77.6 cm³/mol. The van der Waals surface area contributed by atoms with Crippen molar-refractivity contribution in [1.82, 2.24) is 0 Å². The third kappa shape index (κ3) is 3.61. The highest BCUT2D eigenvalue weighted by molar-refractivity contribution is 6.30. The smallest absolute Gasteiger partial charge is 0.173 e. The fourth-order valence-electron chi connectivity index (χ4n) is 1.82. The first-order chi connectivity index (χ1) is 10.0. The van der Waals surface area contributed by atoms with Crippen LogP contribution in [0.4, 0.5) is 14.5 Å². The molecule has 4 nitrogen and oxygen atoms in total. The van der Waals surface area contributed by atoms with Crippen molar-refractivity contribution in [3.05, 3.63) is 64.2 Å². The summed E-state index contributed by atoms with van der Waals surface area (Å²) >= 11 is 5.73. The van der Waals surface area contributed by atoms with E-state index in [0.717, 1.165) is 0 Å². The third-order valence-electron chi connectivity index (χ3n) is 2.81. The van der Waals surface area contributed by atoms with E-state index in [9.17, 15) is 8.78 Å². The van der Waals surface area contributed by atoms with Crippen molar-refractivity contribution in [2.75, 3.05) is 5.32 Å². The number of benzene rings is 2. The molecule has 2 aromatic rings. The van der Waals surface area contributed by atoms with Gasteiger partial charge in [-0.05, 0) is 24.3 Å². The number of anilines is 1. The highest BCUT2D eigenvalue weighted by Gasteiger charge is 2.11. The van der Waals surface area contributed by atoms with Gasteiger partial charge in [-0.2, -0.15) is 0 Å². The van der Waals surface area contributed by atoms with Crippen LogP contribution in [0.2, 0.25) is 5.02 Å². The van der Waals surface area contributed by atoms with Gasteiger partial charge < -0.3 is 16.3 Å². The second kappa shape index (κ2) is 6.41. The highest BCUT2D eigenvalue weighted by Crippen LogP contribution is 2.20. The molecule has 0 spiro atoms. The van der Waals surface area contributed by atoms with E-state index in [0.29, 0.717) is 11.3 Å². The Balaban J connectivity index is 2.20. The number of oxime groups is 1. The molecule has 110 valence electrons. The number of amidine groups is 1. The number of nitrogens with one attached hydrogen (secondary N) is 1. The van der Waals surface area contributed by atoms with Gasteiger partial charge in [-0.1, -0.05) is 28.9 Å². The van der Waals surface area contributed by atoms with Gasteiger partial charge in [0, 0.05) is 22.8 Å². The molecule has 0 unspecified atom stereocenters. The Morgan fingerprint density at radius 1 is 1.29 bits per heavy atom. The summed E-state index contributed by atoms with van der Waals surface area (Å²) in [5, 5.41) is 14.5. The molecule has 0 fully saturated rings. The lowest BCUT2D eigenvalue weighted by molar-refractivity contribution is 0.318. The summed E-state index contributed by atoms with van der Waals surface area (Å²) in [7, 11) is 0. The van der Waals surface area contributed by atoms with Crippen LogP contribution in [0.15, 0.2) is 41.6 Å². The maximum atomic E-state index is 14.2. The molecule has 0 radical (unpaired) electrons. The zero-order valence-electron chi connectivity index (χ0n) is 10.8. The molecule has 7 heteroatoms. The van der Waals surface area contributed by atoms with Crippen molar-refractivity contribution < 1.29 is 14.0 Å². The normalized spacial score (nSPS) is 11.5. The Bertz CT molecular complexity index is 672. The van der Waals surface area contributed by atoms with Crippen LogP contribution in [0.1, 0.15) is 11.1 Å². The molecule has 0 saturated carbocycles.